The van der Waals surface area contributed by atoms with Crippen molar-refractivity contribution in [3.63, 3.8) is 0 Å². The normalized spacial score (nSPS) is 21.0. The van der Waals surface area contributed by atoms with Crippen molar-refractivity contribution in [3.05, 3.63) is 32.7 Å². The highest BCUT2D eigenvalue weighted by atomic mass is 79.9. The maximum absolute atomic E-state index is 3.63. The molecule has 0 saturated carbocycles. The zero-order chi connectivity index (χ0) is 11.4. The van der Waals surface area contributed by atoms with Gasteiger partial charge in [-0.1, -0.05) is 6.07 Å². The van der Waals surface area contributed by atoms with Crippen molar-refractivity contribution in [2.45, 2.75) is 25.4 Å². The maximum Gasteiger partial charge on any atom is 0.0320 e. The average Bonchev–Trinajstić information content (AvgIpc) is 2.32. The molecular weight excluding hydrogens is 350 g/mol. The Labute approximate surface area is 118 Å². The molecule has 2 rings (SSSR count). The largest absolute Gasteiger partial charge is 0.309 e. The zero-order valence-corrected chi connectivity index (χ0v) is 13.0. The molecule has 1 heterocycles. The van der Waals surface area contributed by atoms with Crippen LogP contribution in [0.3, 0.4) is 0 Å². The van der Waals surface area contributed by atoms with Crippen molar-refractivity contribution in [1.29, 1.82) is 0 Å². The monoisotopic (exact) mass is 363 g/mol. The van der Waals surface area contributed by atoms with Crippen LogP contribution in [0, 0.1) is 0 Å². The summed E-state index contributed by atoms with van der Waals surface area (Å²) in [6.07, 6.45) is 2.68. The summed E-state index contributed by atoms with van der Waals surface area (Å²) >= 11 is 9.08. The molecule has 0 amide bonds. The van der Waals surface area contributed by atoms with Gasteiger partial charge in [0.25, 0.3) is 0 Å². The number of hydrogen-bond donors (Lipinski definition) is 1. The van der Waals surface area contributed by atoms with E-state index in [1.54, 1.807) is 0 Å². The molecule has 1 aliphatic rings. The van der Waals surface area contributed by atoms with Gasteiger partial charge in [-0.3, -0.25) is 0 Å². The van der Waals surface area contributed by atoms with E-state index >= 15 is 0 Å². The first-order chi connectivity index (χ1) is 7.75. The van der Waals surface area contributed by atoms with E-state index in [2.05, 4.69) is 67.1 Å². The van der Waals surface area contributed by atoms with E-state index in [1.165, 1.54) is 29.9 Å². The minimum atomic E-state index is 0.696. The number of benzene rings is 1. The standard InChI is InChI=1S/C12H15Br2NS/c13-11-4-3-9(6-12(11)14)7-15-10-2-1-5-16-8-10/h3-4,6,10,15H,1-2,5,7-8H2. The SMILES string of the molecule is Brc1ccc(CNC2CCCSC2)cc1Br. The topological polar surface area (TPSA) is 12.0 Å². The van der Waals surface area contributed by atoms with Gasteiger partial charge in [-0.05, 0) is 68.2 Å². The fourth-order valence-corrected chi connectivity index (χ4v) is 3.59. The molecule has 0 radical (unpaired) electrons. The minimum Gasteiger partial charge on any atom is -0.309 e. The summed E-state index contributed by atoms with van der Waals surface area (Å²) in [6, 6.07) is 7.13. The lowest BCUT2D eigenvalue weighted by molar-refractivity contribution is 0.507. The highest BCUT2D eigenvalue weighted by Crippen LogP contribution is 2.24. The molecular formula is C12H15Br2NS. The van der Waals surface area contributed by atoms with Crippen LogP contribution in [-0.4, -0.2) is 17.5 Å². The number of rotatable bonds is 3. The van der Waals surface area contributed by atoms with Crippen LogP contribution in [-0.2, 0) is 6.54 Å². The summed E-state index contributed by atoms with van der Waals surface area (Å²) in [4.78, 5) is 0. The van der Waals surface area contributed by atoms with Gasteiger partial charge in [0.05, 0.1) is 0 Å². The van der Waals surface area contributed by atoms with E-state index in [4.69, 9.17) is 0 Å². The fraction of sp³-hybridized carbons (Fsp3) is 0.500. The van der Waals surface area contributed by atoms with Crippen LogP contribution >= 0.6 is 43.6 Å². The van der Waals surface area contributed by atoms with Crippen LogP contribution in [0.15, 0.2) is 27.1 Å². The van der Waals surface area contributed by atoms with E-state index in [9.17, 15) is 0 Å². The van der Waals surface area contributed by atoms with Gasteiger partial charge in [0, 0.05) is 27.3 Å². The average molecular weight is 365 g/mol. The summed E-state index contributed by atoms with van der Waals surface area (Å²) in [7, 11) is 0. The van der Waals surface area contributed by atoms with Gasteiger partial charge >= 0.3 is 0 Å². The first-order valence-corrected chi connectivity index (χ1v) is 8.25. The predicted molar refractivity (Wildman–Crippen MR) is 79.0 cm³/mol. The lowest BCUT2D eigenvalue weighted by Gasteiger charge is -2.22. The molecule has 1 nitrogen and oxygen atoms in total. The first kappa shape index (κ1) is 12.9. The molecule has 1 atom stereocenters. The summed E-state index contributed by atoms with van der Waals surface area (Å²) in [5.41, 5.74) is 1.34. The van der Waals surface area contributed by atoms with E-state index in [0.717, 1.165) is 15.5 Å². The smallest absolute Gasteiger partial charge is 0.0320 e. The van der Waals surface area contributed by atoms with Crippen molar-refractivity contribution in [2.75, 3.05) is 11.5 Å². The molecule has 1 unspecified atom stereocenters. The van der Waals surface area contributed by atoms with Crippen LogP contribution in [0.4, 0.5) is 0 Å². The number of thioether (sulfide) groups is 1. The maximum atomic E-state index is 3.63. The Morgan fingerprint density at radius 2 is 2.19 bits per heavy atom. The third-order valence-electron chi connectivity index (χ3n) is 2.74. The second-order valence-electron chi connectivity index (χ2n) is 4.04. The second-order valence-corrected chi connectivity index (χ2v) is 6.90. The van der Waals surface area contributed by atoms with Gasteiger partial charge in [0.1, 0.15) is 0 Å². The molecule has 1 aromatic carbocycles. The number of hydrogen-bond acceptors (Lipinski definition) is 2. The third-order valence-corrected chi connectivity index (χ3v) is 5.83. The second kappa shape index (κ2) is 6.43. The molecule has 1 N–H and O–H groups in total. The first-order valence-electron chi connectivity index (χ1n) is 5.51. The lowest BCUT2D eigenvalue weighted by Crippen LogP contribution is -2.33. The Morgan fingerprint density at radius 3 is 2.88 bits per heavy atom. The fourth-order valence-electron chi connectivity index (χ4n) is 1.81. The highest BCUT2D eigenvalue weighted by Gasteiger charge is 2.12. The molecule has 1 saturated heterocycles. The molecule has 88 valence electrons. The van der Waals surface area contributed by atoms with Crippen molar-refractivity contribution in [1.82, 2.24) is 5.32 Å². The van der Waals surface area contributed by atoms with E-state index in [-0.39, 0.29) is 0 Å². The molecule has 16 heavy (non-hydrogen) atoms. The molecule has 0 bridgehead atoms. The van der Waals surface area contributed by atoms with Crippen molar-refractivity contribution in [3.8, 4) is 0 Å². The quantitative estimate of drug-likeness (QED) is 0.862. The summed E-state index contributed by atoms with van der Waals surface area (Å²) in [5.74, 6) is 2.60. The molecule has 0 aliphatic carbocycles. The molecule has 4 heteroatoms. The van der Waals surface area contributed by atoms with Gasteiger partial charge < -0.3 is 5.32 Å². The molecule has 1 fully saturated rings. The van der Waals surface area contributed by atoms with Gasteiger partial charge in [0.15, 0.2) is 0 Å². The molecule has 0 aromatic heterocycles. The Morgan fingerprint density at radius 1 is 1.31 bits per heavy atom. The Bertz CT molecular complexity index is 351. The summed E-state index contributed by atoms with van der Waals surface area (Å²) < 4.78 is 2.24. The predicted octanol–water partition coefficient (Wildman–Crippen LogP) is 4.20. The van der Waals surface area contributed by atoms with Gasteiger partial charge in [-0.15, -0.1) is 0 Å². The summed E-state index contributed by atoms with van der Waals surface area (Å²) in [6.45, 7) is 0.969. The zero-order valence-electron chi connectivity index (χ0n) is 9.01. The number of nitrogens with one attached hydrogen (secondary N) is 1. The Kier molecular flexibility index (Phi) is 5.20. The van der Waals surface area contributed by atoms with E-state index in [1.807, 2.05) is 0 Å². The van der Waals surface area contributed by atoms with E-state index < -0.39 is 0 Å². The van der Waals surface area contributed by atoms with Crippen LogP contribution in [0.5, 0.6) is 0 Å². The van der Waals surface area contributed by atoms with Crippen molar-refractivity contribution in [2.24, 2.45) is 0 Å². The minimum absolute atomic E-state index is 0.696. The summed E-state index contributed by atoms with van der Waals surface area (Å²) in [5, 5.41) is 3.63. The Hall–Kier alpha value is 0.490. The Balaban J connectivity index is 1.86. The number of halogens is 2. The van der Waals surface area contributed by atoms with E-state index in [0.29, 0.717) is 6.04 Å². The third kappa shape index (κ3) is 3.76. The molecule has 1 aromatic rings. The van der Waals surface area contributed by atoms with Crippen LogP contribution < -0.4 is 5.32 Å². The van der Waals surface area contributed by atoms with Crippen molar-refractivity contribution >= 4 is 43.6 Å². The highest BCUT2D eigenvalue weighted by molar-refractivity contribution is 9.13. The molecule has 1 aliphatic heterocycles. The van der Waals surface area contributed by atoms with Gasteiger partial charge in [0.2, 0.25) is 0 Å². The van der Waals surface area contributed by atoms with Crippen molar-refractivity contribution < 1.29 is 0 Å². The van der Waals surface area contributed by atoms with Crippen LogP contribution in [0.1, 0.15) is 18.4 Å². The molecule has 0 spiro atoms. The van der Waals surface area contributed by atoms with Gasteiger partial charge in [-0.2, -0.15) is 11.8 Å². The van der Waals surface area contributed by atoms with Crippen LogP contribution in [0.2, 0.25) is 0 Å². The van der Waals surface area contributed by atoms with Gasteiger partial charge in [-0.25, -0.2) is 0 Å². The van der Waals surface area contributed by atoms with Crippen LogP contribution in [0.25, 0.3) is 0 Å². The lowest BCUT2D eigenvalue weighted by atomic mass is 10.1.